The maximum atomic E-state index is 11.7. The first-order valence-corrected chi connectivity index (χ1v) is 8.63. The molecule has 3 rings (SSSR count). The van der Waals surface area contributed by atoms with Crippen LogP contribution in [0.2, 0.25) is 0 Å². The smallest absolute Gasteiger partial charge is 0.338 e. The number of nitrogens with one attached hydrogen (secondary N) is 2. The standard InChI is InChI=1S/C20H21N5O2/c1-4-27-19(26)15-7-9-16(10-8-15)22-18-12-21-25-20(24-18)23-17-11-13(2)5-6-14(17)3/h5-12H,4H2,1-3H3,(H2,22,23,24,25). The van der Waals surface area contributed by atoms with Gasteiger partial charge in [-0.1, -0.05) is 12.1 Å². The van der Waals surface area contributed by atoms with Crippen LogP contribution in [0.15, 0.2) is 48.7 Å². The van der Waals surface area contributed by atoms with E-state index in [0.29, 0.717) is 23.9 Å². The van der Waals surface area contributed by atoms with E-state index < -0.39 is 0 Å². The zero-order valence-electron chi connectivity index (χ0n) is 15.5. The SMILES string of the molecule is CCOC(=O)c1ccc(Nc2cnnc(Nc3cc(C)ccc3C)n2)cc1. The van der Waals surface area contributed by atoms with Crippen LogP contribution in [0, 0.1) is 13.8 Å². The van der Waals surface area contributed by atoms with Crippen LogP contribution in [0.3, 0.4) is 0 Å². The lowest BCUT2D eigenvalue weighted by Crippen LogP contribution is -2.05. The first kappa shape index (κ1) is 18.3. The summed E-state index contributed by atoms with van der Waals surface area (Å²) in [6.07, 6.45) is 1.54. The van der Waals surface area contributed by atoms with E-state index in [-0.39, 0.29) is 5.97 Å². The molecule has 138 valence electrons. The Bertz CT molecular complexity index is 941. The first-order chi connectivity index (χ1) is 13.0. The van der Waals surface area contributed by atoms with Crippen molar-refractivity contribution in [3.63, 3.8) is 0 Å². The minimum Gasteiger partial charge on any atom is -0.462 e. The number of aryl methyl sites for hydroxylation is 2. The maximum absolute atomic E-state index is 11.7. The molecule has 0 aliphatic carbocycles. The summed E-state index contributed by atoms with van der Waals surface area (Å²) in [7, 11) is 0. The molecule has 0 aliphatic rings. The van der Waals surface area contributed by atoms with E-state index in [1.807, 2.05) is 26.0 Å². The minimum absolute atomic E-state index is 0.340. The molecule has 0 amide bonds. The Kier molecular flexibility index (Phi) is 5.61. The fraction of sp³-hybridized carbons (Fsp3) is 0.200. The number of carbonyl (C=O) groups excluding carboxylic acids is 1. The molecule has 0 radical (unpaired) electrons. The molecule has 0 bridgehead atoms. The zero-order valence-corrected chi connectivity index (χ0v) is 15.5. The zero-order chi connectivity index (χ0) is 19.2. The Morgan fingerprint density at radius 2 is 1.85 bits per heavy atom. The number of hydrogen-bond donors (Lipinski definition) is 2. The molecule has 2 aromatic carbocycles. The largest absolute Gasteiger partial charge is 0.462 e. The van der Waals surface area contributed by atoms with Gasteiger partial charge in [0.1, 0.15) is 0 Å². The van der Waals surface area contributed by atoms with Crippen LogP contribution in [0.25, 0.3) is 0 Å². The lowest BCUT2D eigenvalue weighted by Gasteiger charge is -2.10. The summed E-state index contributed by atoms with van der Waals surface area (Å²) in [5.74, 6) is 0.603. The number of rotatable bonds is 6. The Balaban J connectivity index is 1.72. The molecular weight excluding hydrogens is 342 g/mol. The number of ether oxygens (including phenoxy) is 1. The molecule has 0 saturated heterocycles. The molecular formula is C20H21N5O2. The summed E-state index contributed by atoms with van der Waals surface area (Å²) in [6.45, 7) is 6.17. The van der Waals surface area contributed by atoms with E-state index >= 15 is 0 Å². The summed E-state index contributed by atoms with van der Waals surface area (Å²) >= 11 is 0. The first-order valence-electron chi connectivity index (χ1n) is 8.63. The van der Waals surface area contributed by atoms with Crippen molar-refractivity contribution < 1.29 is 9.53 Å². The molecule has 0 unspecified atom stereocenters. The molecule has 7 heteroatoms. The molecule has 0 saturated carbocycles. The van der Waals surface area contributed by atoms with E-state index in [9.17, 15) is 4.79 Å². The second kappa shape index (κ2) is 8.27. The average molecular weight is 363 g/mol. The topological polar surface area (TPSA) is 89.0 Å². The van der Waals surface area contributed by atoms with Gasteiger partial charge in [-0.25, -0.2) is 4.79 Å². The van der Waals surface area contributed by atoms with Gasteiger partial charge in [-0.2, -0.15) is 10.1 Å². The number of anilines is 4. The minimum atomic E-state index is -0.340. The van der Waals surface area contributed by atoms with E-state index in [4.69, 9.17) is 4.74 Å². The van der Waals surface area contributed by atoms with Crippen LogP contribution in [-0.2, 0) is 4.74 Å². The van der Waals surface area contributed by atoms with Crippen molar-refractivity contribution in [2.75, 3.05) is 17.2 Å². The third-order valence-electron chi connectivity index (χ3n) is 3.87. The molecule has 0 aliphatic heterocycles. The quantitative estimate of drug-likeness (QED) is 0.636. The van der Waals surface area contributed by atoms with Crippen molar-refractivity contribution in [3.05, 3.63) is 65.4 Å². The van der Waals surface area contributed by atoms with Gasteiger partial charge < -0.3 is 15.4 Å². The number of hydrogen-bond acceptors (Lipinski definition) is 7. The summed E-state index contributed by atoms with van der Waals surface area (Å²) in [6, 6.07) is 13.1. The summed E-state index contributed by atoms with van der Waals surface area (Å²) in [5, 5.41) is 14.4. The van der Waals surface area contributed by atoms with Gasteiger partial charge in [0.15, 0.2) is 5.82 Å². The van der Waals surface area contributed by atoms with Crippen LogP contribution in [0.1, 0.15) is 28.4 Å². The second-order valence-corrected chi connectivity index (χ2v) is 6.03. The molecule has 27 heavy (non-hydrogen) atoms. The van der Waals surface area contributed by atoms with Crippen LogP contribution >= 0.6 is 0 Å². The van der Waals surface area contributed by atoms with Crippen molar-refractivity contribution in [3.8, 4) is 0 Å². The van der Waals surface area contributed by atoms with Crippen molar-refractivity contribution in [2.45, 2.75) is 20.8 Å². The van der Waals surface area contributed by atoms with Crippen LogP contribution in [-0.4, -0.2) is 27.8 Å². The van der Waals surface area contributed by atoms with Gasteiger partial charge in [-0.3, -0.25) is 0 Å². The van der Waals surface area contributed by atoms with Crippen LogP contribution < -0.4 is 10.6 Å². The average Bonchev–Trinajstić information content (AvgIpc) is 2.66. The van der Waals surface area contributed by atoms with E-state index in [1.165, 1.54) is 6.20 Å². The van der Waals surface area contributed by atoms with Gasteiger partial charge in [0, 0.05) is 11.4 Å². The summed E-state index contributed by atoms with van der Waals surface area (Å²) in [4.78, 5) is 16.1. The molecule has 7 nitrogen and oxygen atoms in total. The van der Waals surface area contributed by atoms with Gasteiger partial charge >= 0.3 is 5.97 Å². The lowest BCUT2D eigenvalue weighted by atomic mass is 10.1. The highest BCUT2D eigenvalue weighted by molar-refractivity contribution is 5.89. The van der Waals surface area contributed by atoms with Gasteiger partial charge in [0.25, 0.3) is 0 Å². The number of benzene rings is 2. The highest BCUT2D eigenvalue weighted by Crippen LogP contribution is 2.21. The lowest BCUT2D eigenvalue weighted by molar-refractivity contribution is 0.0526. The Morgan fingerprint density at radius 3 is 2.59 bits per heavy atom. The van der Waals surface area contributed by atoms with E-state index in [2.05, 4.69) is 31.9 Å². The van der Waals surface area contributed by atoms with Gasteiger partial charge in [0.2, 0.25) is 5.95 Å². The highest BCUT2D eigenvalue weighted by atomic mass is 16.5. The summed E-state index contributed by atoms with van der Waals surface area (Å²) < 4.78 is 4.98. The summed E-state index contributed by atoms with van der Waals surface area (Å²) in [5.41, 5.74) is 4.46. The normalized spacial score (nSPS) is 10.3. The molecule has 2 N–H and O–H groups in total. The maximum Gasteiger partial charge on any atom is 0.338 e. The highest BCUT2D eigenvalue weighted by Gasteiger charge is 2.07. The Morgan fingerprint density at radius 1 is 1.07 bits per heavy atom. The molecule has 3 aromatic rings. The Hall–Kier alpha value is -3.48. The fourth-order valence-electron chi connectivity index (χ4n) is 2.46. The fourth-order valence-corrected chi connectivity index (χ4v) is 2.46. The van der Waals surface area contributed by atoms with Crippen molar-refractivity contribution in [1.82, 2.24) is 15.2 Å². The predicted molar refractivity (Wildman–Crippen MR) is 105 cm³/mol. The second-order valence-electron chi connectivity index (χ2n) is 6.03. The third-order valence-corrected chi connectivity index (χ3v) is 3.87. The monoisotopic (exact) mass is 363 g/mol. The molecule has 0 fully saturated rings. The Labute approximate surface area is 157 Å². The number of esters is 1. The number of aromatic nitrogens is 3. The van der Waals surface area contributed by atoms with Crippen LogP contribution in [0.4, 0.5) is 23.1 Å². The third kappa shape index (κ3) is 4.78. The van der Waals surface area contributed by atoms with Crippen molar-refractivity contribution in [2.24, 2.45) is 0 Å². The molecule has 1 heterocycles. The van der Waals surface area contributed by atoms with Gasteiger partial charge in [-0.15, -0.1) is 5.10 Å². The molecule has 0 atom stereocenters. The molecule has 0 spiro atoms. The van der Waals surface area contributed by atoms with Crippen LogP contribution in [0.5, 0.6) is 0 Å². The number of carbonyl (C=O) groups is 1. The van der Waals surface area contributed by atoms with E-state index in [1.54, 1.807) is 31.2 Å². The van der Waals surface area contributed by atoms with Crippen molar-refractivity contribution in [1.29, 1.82) is 0 Å². The molecule has 1 aromatic heterocycles. The van der Waals surface area contributed by atoms with Gasteiger partial charge in [0.05, 0.1) is 18.4 Å². The van der Waals surface area contributed by atoms with Crippen molar-refractivity contribution >= 4 is 29.1 Å². The van der Waals surface area contributed by atoms with Gasteiger partial charge in [-0.05, 0) is 62.2 Å². The van der Waals surface area contributed by atoms with E-state index in [0.717, 1.165) is 22.5 Å². The number of nitrogens with zero attached hydrogens (tertiary/aromatic N) is 3. The predicted octanol–water partition coefficient (Wildman–Crippen LogP) is 4.15.